The Morgan fingerprint density at radius 1 is 1.22 bits per heavy atom. The lowest BCUT2D eigenvalue weighted by Crippen LogP contribution is -2.45. The summed E-state index contributed by atoms with van der Waals surface area (Å²) in [4.78, 5) is 31.4. The van der Waals surface area contributed by atoms with Gasteiger partial charge in [0.2, 0.25) is 11.9 Å². The minimum Gasteiger partial charge on any atom is -0.495 e. The zero-order valence-electron chi connectivity index (χ0n) is 22.5. The number of nitrogens with zero attached hydrogens (tertiary/aromatic N) is 5. The lowest BCUT2D eigenvalue weighted by Gasteiger charge is -2.34. The molecule has 0 unspecified atom stereocenters. The van der Waals surface area contributed by atoms with E-state index in [0.717, 1.165) is 42.1 Å². The van der Waals surface area contributed by atoms with Crippen molar-refractivity contribution in [1.29, 1.82) is 0 Å². The maximum Gasteiger partial charge on any atom is 0.234 e. The summed E-state index contributed by atoms with van der Waals surface area (Å²) < 4.78 is 5.67. The van der Waals surface area contributed by atoms with E-state index in [0.29, 0.717) is 36.0 Å². The van der Waals surface area contributed by atoms with E-state index in [1.165, 1.54) is 32.1 Å². The van der Waals surface area contributed by atoms with Crippen molar-refractivity contribution in [2.24, 2.45) is 22.1 Å². The van der Waals surface area contributed by atoms with E-state index in [1.807, 2.05) is 39.1 Å². The number of rotatable bonds is 7. The molecule has 0 atom stereocenters. The van der Waals surface area contributed by atoms with Gasteiger partial charge in [-0.3, -0.25) is 9.79 Å². The van der Waals surface area contributed by atoms with E-state index < -0.39 is 5.41 Å². The van der Waals surface area contributed by atoms with Crippen molar-refractivity contribution in [1.82, 2.24) is 9.97 Å². The molecule has 9 heteroatoms. The van der Waals surface area contributed by atoms with Gasteiger partial charge in [0.25, 0.3) is 0 Å². The first-order valence-electron chi connectivity index (χ1n) is 13.4. The number of aliphatic imine (C=N–C) groups is 1. The Labute approximate surface area is 219 Å². The van der Waals surface area contributed by atoms with Gasteiger partial charge in [0, 0.05) is 31.7 Å². The predicted octanol–water partition coefficient (Wildman–Crippen LogP) is 4.49. The summed E-state index contributed by atoms with van der Waals surface area (Å²) in [6.07, 6.45) is 10.1. The Hall–Kier alpha value is -3.36. The number of fused-ring (bicyclic) bond motifs is 1. The molecule has 0 bridgehead atoms. The standard InChI is InChI=1S/C28H39N7O2/c1-28(2)17-35(20-10-5-6-11-20)25-22(34(3)26(28)36)16-31-27(33-25)32-21-13-12-19(14-23(21)37-4)24(29)30-15-18-8-7-9-18/h12-14,16,18,20H,5-11,15,17H2,1-4H3,(H2,29,30)(H,31,32,33). The molecule has 9 nitrogen and oxygen atoms in total. The summed E-state index contributed by atoms with van der Waals surface area (Å²) in [5.74, 6) is 3.16. The van der Waals surface area contributed by atoms with Crippen molar-refractivity contribution in [3.63, 3.8) is 0 Å². The van der Waals surface area contributed by atoms with Crippen LogP contribution in [0.4, 0.5) is 23.1 Å². The maximum absolute atomic E-state index is 13.2. The van der Waals surface area contributed by atoms with Gasteiger partial charge < -0.3 is 25.6 Å². The summed E-state index contributed by atoms with van der Waals surface area (Å²) in [6.45, 7) is 5.43. The van der Waals surface area contributed by atoms with Crippen LogP contribution in [0.3, 0.4) is 0 Å². The fourth-order valence-corrected chi connectivity index (χ4v) is 5.59. The number of hydrogen-bond donors (Lipinski definition) is 2. The van der Waals surface area contributed by atoms with Crippen LogP contribution < -0.4 is 25.6 Å². The highest BCUT2D eigenvalue weighted by molar-refractivity contribution is 6.01. The largest absolute Gasteiger partial charge is 0.495 e. The van der Waals surface area contributed by atoms with Gasteiger partial charge in [-0.05, 0) is 63.6 Å². The number of methoxy groups -OCH3 is 1. The number of benzene rings is 1. The van der Waals surface area contributed by atoms with E-state index in [9.17, 15) is 4.79 Å². The monoisotopic (exact) mass is 505 g/mol. The van der Waals surface area contributed by atoms with Crippen LogP contribution in [0.1, 0.15) is 64.4 Å². The first kappa shape index (κ1) is 25.3. The Morgan fingerprint density at radius 3 is 2.65 bits per heavy atom. The zero-order chi connectivity index (χ0) is 26.2. The molecular weight excluding hydrogens is 466 g/mol. The molecule has 5 rings (SSSR count). The Morgan fingerprint density at radius 2 is 1.97 bits per heavy atom. The number of carbonyl (C=O) groups excluding carboxylic acids is 1. The molecule has 2 aromatic rings. The highest BCUT2D eigenvalue weighted by Gasteiger charge is 2.41. The number of ether oxygens (including phenoxy) is 1. The van der Waals surface area contributed by atoms with Crippen LogP contribution in [0.25, 0.3) is 0 Å². The summed E-state index contributed by atoms with van der Waals surface area (Å²) in [5.41, 5.74) is 8.06. The first-order valence-corrected chi connectivity index (χ1v) is 13.4. The van der Waals surface area contributed by atoms with E-state index in [4.69, 9.17) is 15.5 Å². The molecule has 37 heavy (non-hydrogen) atoms. The van der Waals surface area contributed by atoms with Crippen molar-refractivity contribution in [2.45, 2.75) is 64.8 Å². The summed E-state index contributed by atoms with van der Waals surface area (Å²) in [5, 5.41) is 3.33. The van der Waals surface area contributed by atoms with Crippen LogP contribution in [0.15, 0.2) is 29.4 Å². The molecule has 1 aromatic carbocycles. The molecule has 2 aliphatic carbocycles. The number of nitrogens with two attached hydrogens (primary N) is 1. The van der Waals surface area contributed by atoms with Gasteiger partial charge in [-0.15, -0.1) is 0 Å². The number of hydrogen-bond acceptors (Lipinski definition) is 7. The molecule has 1 amide bonds. The number of nitrogens with one attached hydrogen (secondary N) is 1. The zero-order valence-corrected chi connectivity index (χ0v) is 22.5. The average molecular weight is 506 g/mol. The molecule has 198 valence electrons. The molecule has 0 spiro atoms. The van der Waals surface area contributed by atoms with Gasteiger partial charge in [0.15, 0.2) is 5.82 Å². The third-order valence-corrected chi connectivity index (χ3v) is 8.09. The van der Waals surface area contributed by atoms with Gasteiger partial charge in [-0.1, -0.05) is 19.3 Å². The van der Waals surface area contributed by atoms with Crippen LogP contribution in [0, 0.1) is 11.3 Å². The molecule has 3 aliphatic rings. The average Bonchev–Trinajstić information content (AvgIpc) is 3.38. The van der Waals surface area contributed by atoms with E-state index in [-0.39, 0.29) is 5.91 Å². The molecule has 3 N–H and O–H groups in total. The third-order valence-electron chi connectivity index (χ3n) is 8.09. The lowest BCUT2D eigenvalue weighted by molar-refractivity contribution is -0.125. The molecule has 2 heterocycles. The van der Waals surface area contributed by atoms with E-state index in [1.54, 1.807) is 18.2 Å². The second-order valence-corrected chi connectivity index (χ2v) is 11.3. The number of amides is 1. The van der Waals surface area contributed by atoms with Gasteiger partial charge >= 0.3 is 0 Å². The van der Waals surface area contributed by atoms with Gasteiger partial charge in [-0.25, -0.2) is 4.98 Å². The fraction of sp³-hybridized carbons (Fsp3) is 0.571. The molecular formula is C28H39N7O2. The third kappa shape index (κ3) is 5.08. The van der Waals surface area contributed by atoms with Crippen molar-refractivity contribution in [2.75, 3.05) is 42.4 Å². The number of carbonyl (C=O) groups is 1. The smallest absolute Gasteiger partial charge is 0.234 e. The van der Waals surface area contributed by atoms with E-state index >= 15 is 0 Å². The van der Waals surface area contributed by atoms with Crippen LogP contribution in [0.5, 0.6) is 5.75 Å². The summed E-state index contributed by atoms with van der Waals surface area (Å²) in [7, 11) is 3.45. The van der Waals surface area contributed by atoms with E-state index in [2.05, 4.69) is 20.2 Å². The van der Waals surface area contributed by atoms with Crippen LogP contribution >= 0.6 is 0 Å². The second kappa shape index (κ2) is 10.2. The highest BCUT2D eigenvalue weighted by Crippen LogP contribution is 2.40. The molecule has 1 aliphatic heterocycles. The van der Waals surface area contributed by atoms with Gasteiger partial charge in [0.1, 0.15) is 17.3 Å². The Bertz CT molecular complexity index is 1190. The predicted molar refractivity (Wildman–Crippen MR) is 148 cm³/mol. The summed E-state index contributed by atoms with van der Waals surface area (Å²) >= 11 is 0. The molecule has 2 fully saturated rings. The quantitative estimate of drug-likeness (QED) is 0.422. The lowest BCUT2D eigenvalue weighted by atomic mass is 9.86. The van der Waals surface area contributed by atoms with Gasteiger partial charge in [0.05, 0.1) is 24.4 Å². The maximum atomic E-state index is 13.2. The second-order valence-electron chi connectivity index (χ2n) is 11.3. The van der Waals surface area contributed by atoms with Crippen molar-refractivity contribution < 1.29 is 9.53 Å². The molecule has 0 saturated heterocycles. The fourth-order valence-electron chi connectivity index (χ4n) is 5.59. The van der Waals surface area contributed by atoms with Crippen molar-refractivity contribution in [3.8, 4) is 5.75 Å². The van der Waals surface area contributed by atoms with Gasteiger partial charge in [-0.2, -0.15) is 4.98 Å². The van der Waals surface area contributed by atoms with Crippen LogP contribution in [0.2, 0.25) is 0 Å². The minimum atomic E-state index is -0.523. The number of aromatic nitrogens is 2. The highest BCUT2D eigenvalue weighted by atomic mass is 16.5. The SMILES string of the molecule is COc1cc(C(N)=NCC2CCC2)ccc1Nc1ncc2c(n1)N(C1CCCC1)CC(C)(C)C(=O)N2C. The number of amidine groups is 1. The summed E-state index contributed by atoms with van der Waals surface area (Å²) in [6, 6.07) is 6.12. The molecule has 2 saturated carbocycles. The molecule has 0 radical (unpaired) electrons. The Balaban J connectivity index is 1.43. The Kier molecular flexibility index (Phi) is 6.96. The minimum absolute atomic E-state index is 0.0763. The van der Waals surface area contributed by atoms with Crippen molar-refractivity contribution >= 4 is 34.9 Å². The normalized spacial score (nSPS) is 20.4. The van der Waals surface area contributed by atoms with Crippen molar-refractivity contribution in [3.05, 3.63) is 30.0 Å². The number of anilines is 4. The topological polar surface area (TPSA) is 109 Å². The van der Waals surface area contributed by atoms with Crippen LogP contribution in [-0.2, 0) is 4.79 Å². The molecule has 1 aromatic heterocycles. The first-order chi connectivity index (χ1) is 17.8. The van der Waals surface area contributed by atoms with Crippen LogP contribution in [-0.4, -0.2) is 55.0 Å².